The first-order valence-electron chi connectivity index (χ1n) is 9.69. The van der Waals surface area contributed by atoms with Crippen molar-refractivity contribution in [1.29, 1.82) is 5.26 Å². The molecule has 3 aromatic rings. The lowest BCUT2D eigenvalue weighted by Crippen LogP contribution is -2.43. The Hall–Kier alpha value is -3.54. The lowest BCUT2D eigenvalue weighted by Gasteiger charge is -2.35. The molecule has 2 aromatic heterocycles. The van der Waals surface area contributed by atoms with Crippen molar-refractivity contribution in [2.24, 2.45) is 0 Å². The molecule has 8 heteroatoms. The van der Waals surface area contributed by atoms with Gasteiger partial charge in [-0.05, 0) is 29.3 Å². The third-order valence-electron chi connectivity index (χ3n) is 5.65. The van der Waals surface area contributed by atoms with Crippen LogP contribution in [0.15, 0.2) is 36.5 Å². The van der Waals surface area contributed by atoms with E-state index in [0.29, 0.717) is 55.6 Å². The summed E-state index contributed by atoms with van der Waals surface area (Å²) in [6.45, 7) is 2.20. The fourth-order valence-electron chi connectivity index (χ4n) is 4.04. The van der Waals surface area contributed by atoms with Gasteiger partial charge in [0.2, 0.25) is 0 Å². The summed E-state index contributed by atoms with van der Waals surface area (Å²) in [5, 5.41) is 9.87. The maximum Gasteiger partial charge on any atom is 0.273 e. The van der Waals surface area contributed by atoms with Crippen LogP contribution in [0.2, 0.25) is 0 Å². The highest BCUT2D eigenvalue weighted by atomic mass is 16.5. The molecule has 8 nitrogen and oxygen atoms in total. The van der Waals surface area contributed by atoms with E-state index in [4.69, 9.17) is 20.5 Å². The molecule has 2 N–H and O–H groups in total. The number of morpholine rings is 1. The number of anilines is 1. The molecule has 150 valence electrons. The summed E-state index contributed by atoms with van der Waals surface area (Å²) >= 11 is 0. The summed E-state index contributed by atoms with van der Waals surface area (Å²) in [5.74, 6) is 0.281. The molecule has 4 heterocycles. The van der Waals surface area contributed by atoms with E-state index in [1.165, 1.54) is 0 Å². The summed E-state index contributed by atoms with van der Waals surface area (Å²) in [4.78, 5) is 23.9. The van der Waals surface area contributed by atoms with Crippen molar-refractivity contribution >= 4 is 22.6 Å². The molecule has 1 aromatic carbocycles. The molecule has 5 rings (SSSR count). The van der Waals surface area contributed by atoms with Gasteiger partial charge >= 0.3 is 0 Å². The predicted octanol–water partition coefficient (Wildman–Crippen LogP) is 2.33. The number of rotatable bonds is 2. The maximum absolute atomic E-state index is 13.4. The molecule has 1 saturated heterocycles. The third kappa shape index (κ3) is 3.05. The lowest BCUT2D eigenvalue weighted by atomic mass is 10.0. The first-order chi connectivity index (χ1) is 14.7. The minimum atomic E-state index is -0.241. The van der Waals surface area contributed by atoms with Crippen LogP contribution < -0.4 is 5.73 Å². The number of carbonyl (C=O) groups is 1. The third-order valence-corrected chi connectivity index (χ3v) is 5.65. The number of aromatic nitrogens is 2. The van der Waals surface area contributed by atoms with Gasteiger partial charge in [-0.2, -0.15) is 5.26 Å². The second-order valence-electron chi connectivity index (χ2n) is 7.36. The zero-order valence-corrected chi connectivity index (χ0v) is 16.2. The maximum atomic E-state index is 13.4. The first-order valence-corrected chi connectivity index (χ1v) is 9.69. The Labute approximate surface area is 172 Å². The largest absolute Gasteiger partial charge is 0.383 e. The number of nitrogen functional groups attached to an aromatic ring is 1. The Kier molecular flexibility index (Phi) is 4.54. The lowest BCUT2D eigenvalue weighted by molar-refractivity contribution is -0.00299. The Balaban J connectivity index is 1.51. The predicted molar refractivity (Wildman–Crippen MR) is 108 cm³/mol. The smallest absolute Gasteiger partial charge is 0.273 e. The number of pyridine rings is 2. The highest BCUT2D eigenvalue weighted by Crippen LogP contribution is 2.32. The van der Waals surface area contributed by atoms with E-state index in [1.807, 2.05) is 12.1 Å². The second kappa shape index (κ2) is 7.37. The topological polar surface area (TPSA) is 114 Å². The van der Waals surface area contributed by atoms with Crippen molar-refractivity contribution in [2.75, 3.05) is 25.5 Å². The van der Waals surface area contributed by atoms with Gasteiger partial charge in [0.25, 0.3) is 5.91 Å². The fraction of sp³-hybridized carbons (Fsp3) is 0.273. The van der Waals surface area contributed by atoms with Crippen molar-refractivity contribution in [2.45, 2.75) is 19.3 Å². The summed E-state index contributed by atoms with van der Waals surface area (Å²) in [6.07, 6.45) is 1.59. The van der Waals surface area contributed by atoms with E-state index in [9.17, 15) is 4.79 Å². The Morgan fingerprint density at radius 3 is 2.80 bits per heavy atom. The molecule has 2 aliphatic heterocycles. The SMILES string of the molecule is N#Cc1ccc([C@@H]2COCCN2C(=O)c2cc3c4c(c(N)nc3cn2)COC4)cc1. The fourth-order valence-corrected chi connectivity index (χ4v) is 4.04. The van der Waals surface area contributed by atoms with Gasteiger partial charge in [0.15, 0.2) is 0 Å². The number of nitrogens with two attached hydrogens (primary N) is 1. The van der Waals surface area contributed by atoms with Crippen molar-refractivity contribution < 1.29 is 14.3 Å². The van der Waals surface area contributed by atoms with E-state index in [1.54, 1.807) is 29.3 Å². The average Bonchev–Trinajstić information content (AvgIpc) is 3.30. The number of benzene rings is 1. The van der Waals surface area contributed by atoms with Gasteiger partial charge in [0.05, 0.1) is 55.8 Å². The van der Waals surface area contributed by atoms with Crippen LogP contribution in [0.25, 0.3) is 10.9 Å². The standard InChI is InChI=1S/C22H19N5O3/c23-8-13-1-3-14(4-2-13)20-12-29-6-5-27(20)22(28)18-7-15-16-10-30-11-17(16)21(24)26-19(15)9-25-18/h1-4,7,9,20H,5-6,10-12H2,(H2,24,26)/t20-/m0/s1. The molecule has 0 saturated carbocycles. The van der Waals surface area contributed by atoms with Gasteiger partial charge in [-0.15, -0.1) is 0 Å². The van der Waals surface area contributed by atoms with Gasteiger partial charge in [0, 0.05) is 17.5 Å². The summed E-state index contributed by atoms with van der Waals surface area (Å²) < 4.78 is 11.2. The van der Waals surface area contributed by atoms with E-state index < -0.39 is 0 Å². The molecule has 1 atom stereocenters. The second-order valence-corrected chi connectivity index (χ2v) is 7.36. The van der Waals surface area contributed by atoms with Crippen LogP contribution in [-0.4, -0.2) is 40.5 Å². The highest BCUT2D eigenvalue weighted by molar-refractivity contribution is 5.97. The van der Waals surface area contributed by atoms with Gasteiger partial charge < -0.3 is 20.1 Å². The number of fused-ring (bicyclic) bond motifs is 3. The molecule has 0 bridgehead atoms. The number of nitrogens with zero attached hydrogens (tertiary/aromatic N) is 4. The number of nitriles is 1. The van der Waals surface area contributed by atoms with Crippen LogP contribution in [0.3, 0.4) is 0 Å². The van der Waals surface area contributed by atoms with Crippen molar-refractivity contribution in [3.8, 4) is 6.07 Å². The molecule has 0 spiro atoms. The number of carbonyl (C=O) groups excluding carboxylic acids is 1. The zero-order valence-electron chi connectivity index (χ0n) is 16.2. The number of hydrogen-bond donors (Lipinski definition) is 1. The molecule has 0 radical (unpaired) electrons. The van der Waals surface area contributed by atoms with Crippen LogP contribution in [0.5, 0.6) is 0 Å². The molecule has 1 amide bonds. The van der Waals surface area contributed by atoms with Gasteiger partial charge in [-0.3, -0.25) is 4.79 Å². The quantitative estimate of drug-likeness (QED) is 0.701. The Bertz CT molecular complexity index is 1190. The van der Waals surface area contributed by atoms with Crippen molar-refractivity contribution in [3.63, 3.8) is 0 Å². The van der Waals surface area contributed by atoms with Gasteiger partial charge in [-0.25, -0.2) is 9.97 Å². The normalized spacial score (nSPS) is 18.2. The van der Waals surface area contributed by atoms with E-state index in [0.717, 1.165) is 22.1 Å². The van der Waals surface area contributed by atoms with Crippen LogP contribution in [0, 0.1) is 11.3 Å². The van der Waals surface area contributed by atoms with Crippen molar-refractivity contribution in [1.82, 2.24) is 14.9 Å². The van der Waals surface area contributed by atoms with E-state index in [-0.39, 0.29) is 11.9 Å². The van der Waals surface area contributed by atoms with Gasteiger partial charge in [-0.1, -0.05) is 12.1 Å². The number of ether oxygens (including phenoxy) is 2. The average molecular weight is 401 g/mol. The Morgan fingerprint density at radius 2 is 2.00 bits per heavy atom. The molecule has 2 aliphatic rings. The molecule has 0 unspecified atom stereocenters. The number of amides is 1. The van der Waals surface area contributed by atoms with Crippen molar-refractivity contribution in [3.05, 3.63) is 64.5 Å². The van der Waals surface area contributed by atoms with Crippen LogP contribution in [-0.2, 0) is 22.7 Å². The summed E-state index contributed by atoms with van der Waals surface area (Å²) in [6, 6.07) is 10.9. The zero-order chi connectivity index (χ0) is 20.7. The first kappa shape index (κ1) is 18.5. The van der Waals surface area contributed by atoms with Crippen LogP contribution in [0.4, 0.5) is 5.82 Å². The summed E-state index contributed by atoms with van der Waals surface area (Å²) in [7, 11) is 0. The minimum Gasteiger partial charge on any atom is -0.383 e. The van der Waals surface area contributed by atoms with Crippen LogP contribution in [0.1, 0.15) is 38.8 Å². The summed E-state index contributed by atoms with van der Waals surface area (Å²) in [5.41, 5.74) is 10.4. The number of hydrogen-bond acceptors (Lipinski definition) is 7. The van der Waals surface area contributed by atoms with E-state index >= 15 is 0 Å². The van der Waals surface area contributed by atoms with Gasteiger partial charge in [0.1, 0.15) is 11.5 Å². The molecule has 0 aliphatic carbocycles. The Morgan fingerprint density at radius 1 is 1.20 bits per heavy atom. The molecular weight excluding hydrogens is 382 g/mol. The van der Waals surface area contributed by atoms with E-state index in [2.05, 4.69) is 16.0 Å². The molecular formula is C22H19N5O3. The molecule has 1 fully saturated rings. The highest BCUT2D eigenvalue weighted by Gasteiger charge is 2.30. The minimum absolute atomic E-state index is 0.168. The van der Waals surface area contributed by atoms with Crippen LogP contribution >= 0.6 is 0 Å². The monoisotopic (exact) mass is 401 g/mol. The molecule has 30 heavy (non-hydrogen) atoms.